The van der Waals surface area contributed by atoms with Crippen LogP contribution in [0.5, 0.6) is 0 Å². The first-order valence-corrected chi connectivity index (χ1v) is 14.4. The highest BCUT2D eigenvalue weighted by Gasteiger charge is 2.61. The van der Waals surface area contributed by atoms with Gasteiger partial charge in [-0.05, 0) is 98.0 Å². The van der Waals surface area contributed by atoms with Gasteiger partial charge >= 0.3 is 0 Å². The topological polar surface area (TPSA) is 69.9 Å². The summed E-state index contributed by atoms with van der Waals surface area (Å²) >= 11 is 0. The molecule has 0 heterocycles. The summed E-state index contributed by atoms with van der Waals surface area (Å²) in [6, 6.07) is 0. The highest BCUT2D eigenvalue weighted by atomic mass is 16.5. The van der Waals surface area contributed by atoms with Gasteiger partial charge in [-0.3, -0.25) is 0 Å². The second kappa shape index (κ2) is 10.8. The summed E-state index contributed by atoms with van der Waals surface area (Å²) < 4.78 is 6.32. The van der Waals surface area contributed by atoms with Crippen molar-refractivity contribution in [1.29, 1.82) is 0 Å². The third-order valence-corrected chi connectivity index (χ3v) is 10.1. The van der Waals surface area contributed by atoms with Gasteiger partial charge in [0.2, 0.25) is 0 Å². The molecule has 0 saturated heterocycles. The number of rotatable bonds is 10. The van der Waals surface area contributed by atoms with Crippen LogP contribution in [0.25, 0.3) is 0 Å². The van der Waals surface area contributed by atoms with Crippen LogP contribution in [0.3, 0.4) is 0 Å². The number of aliphatic hydroxyl groups excluding tert-OH is 2. The van der Waals surface area contributed by atoms with Gasteiger partial charge in [-0.15, -0.1) is 0 Å². The van der Waals surface area contributed by atoms with Crippen molar-refractivity contribution in [1.82, 2.24) is 0 Å². The third-order valence-electron chi connectivity index (χ3n) is 10.1. The van der Waals surface area contributed by atoms with Gasteiger partial charge in [-0.2, -0.15) is 0 Å². The zero-order chi connectivity index (χ0) is 25.3. The zero-order valence-electron chi connectivity index (χ0n) is 22.5. The summed E-state index contributed by atoms with van der Waals surface area (Å²) in [4.78, 5) is 0. The van der Waals surface area contributed by atoms with Gasteiger partial charge < -0.3 is 20.1 Å². The molecule has 4 nitrogen and oxygen atoms in total. The number of allylic oxidation sites excluding steroid dienone is 3. The van der Waals surface area contributed by atoms with E-state index < -0.39 is 17.8 Å². The van der Waals surface area contributed by atoms with Crippen LogP contribution in [0.2, 0.25) is 0 Å². The molecule has 4 saturated carbocycles. The third kappa shape index (κ3) is 5.66. The molecule has 0 aliphatic heterocycles. The molecular weight excluding hydrogens is 436 g/mol. The molecule has 0 bridgehead atoms. The lowest BCUT2D eigenvalue weighted by Gasteiger charge is -2.45. The molecule has 4 rings (SSSR count). The average molecular weight is 487 g/mol. The van der Waals surface area contributed by atoms with Gasteiger partial charge in [0.1, 0.15) is 0 Å². The summed E-state index contributed by atoms with van der Waals surface area (Å²) in [5.74, 6) is 1.30. The second-order valence-corrected chi connectivity index (χ2v) is 12.7. The summed E-state index contributed by atoms with van der Waals surface area (Å²) in [5, 5.41) is 31.3. The predicted octanol–water partition coefficient (Wildman–Crippen LogP) is 6.26. The van der Waals surface area contributed by atoms with Gasteiger partial charge in [0, 0.05) is 6.42 Å². The van der Waals surface area contributed by atoms with Crippen LogP contribution in [0, 0.1) is 22.7 Å². The zero-order valence-corrected chi connectivity index (χ0v) is 22.5. The number of aliphatic hydroxyl groups is 3. The summed E-state index contributed by atoms with van der Waals surface area (Å²) in [6.07, 6.45) is 16.7. The van der Waals surface area contributed by atoms with Crippen molar-refractivity contribution in [3.05, 3.63) is 35.5 Å². The molecule has 0 aromatic carbocycles. The first kappa shape index (κ1) is 27.1. The van der Waals surface area contributed by atoms with Crippen LogP contribution in [0.15, 0.2) is 35.5 Å². The fourth-order valence-corrected chi connectivity index (χ4v) is 8.11. The molecule has 0 amide bonds. The van der Waals surface area contributed by atoms with Crippen LogP contribution in [0.4, 0.5) is 0 Å². The Labute approximate surface area is 213 Å². The first-order chi connectivity index (χ1) is 16.7. The van der Waals surface area contributed by atoms with E-state index >= 15 is 0 Å². The Kier molecular flexibility index (Phi) is 8.37. The van der Waals surface area contributed by atoms with E-state index in [1.54, 1.807) is 5.57 Å². The molecule has 3 N–H and O–H groups in total. The largest absolute Gasteiger partial charge is 0.393 e. The minimum Gasteiger partial charge on any atom is -0.393 e. The number of ether oxygens (including phenoxy) is 1. The van der Waals surface area contributed by atoms with Crippen molar-refractivity contribution in [3.63, 3.8) is 0 Å². The fraction of sp³-hybridized carbons (Fsp3) is 0.806. The molecule has 0 spiro atoms. The minimum atomic E-state index is -0.666. The molecule has 0 unspecified atom stereocenters. The maximum Gasteiger partial charge on any atom is 0.0880 e. The highest BCUT2D eigenvalue weighted by Crippen LogP contribution is 2.68. The Bertz CT molecular complexity index is 816. The van der Waals surface area contributed by atoms with Crippen LogP contribution in [-0.2, 0) is 4.74 Å². The molecule has 0 aromatic rings. The van der Waals surface area contributed by atoms with E-state index in [9.17, 15) is 15.3 Å². The monoisotopic (exact) mass is 486 g/mol. The van der Waals surface area contributed by atoms with Crippen LogP contribution < -0.4 is 0 Å². The summed E-state index contributed by atoms with van der Waals surface area (Å²) in [7, 11) is 0. The smallest absolute Gasteiger partial charge is 0.0880 e. The summed E-state index contributed by atoms with van der Waals surface area (Å²) in [6.45, 7) is 12.2. The maximum absolute atomic E-state index is 11.0. The number of hydrogen-bond donors (Lipinski definition) is 3. The Morgan fingerprint density at radius 3 is 2.46 bits per heavy atom. The Hall–Kier alpha value is -0.940. The van der Waals surface area contributed by atoms with Crippen molar-refractivity contribution >= 4 is 0 Å². The van der Waals surface area contributed by atoms with Crippen LogP contribution >= 0.6 is 0 Å². The molecule has 4 aliphatic carbocycles. The van der Waals surface area contributed by atoms with Crippen LogP contribution in [-0.4, -0.2) is 46.3 Å². The van der Waals surface area contributed by atoms with E-state index in [0.717, 1.165) is 49.9 Å². The lowest BCUT2D eigenvalue weighted by Crippen LogP contribution is -2.40. The minimum absolute atomic E-state index is 0.301. The lowest BCUT2D eigenvalue weighted by atomic mass is 9.60. The quantitative estimate of drug-likeness (QED) is 0.341. The summed E-state index contributed by atoms with van der Waals surface area (Å²) in [5.41, 5.74) is 3.27. The molecular formula is C31H50O4. The molecule has 4 aliphatic rings. The number of fused-ring (bicyclic) bond motifs is 1. The van der Waals surface area contributed by atoms with E-state index in [0.29, 0.717) is 42.1 Å². The van der Waals surface area contributed by atoms with E-state index in [1.807, 2.05) is 0 Å². The van der Waals surface area contributed by atoms with Crippen molar-refractivity contribution in [2.24, 2.45) is 22.7 Å². The normalized spacial score (nSPS) is 37.1. The van der Waals surface area contributed by atoms with Gasteiger partial charge in [0.15, 0.2) is 0 Å². The Morgan fingerprint density at radius 1 is 1.09 bits per heavy atom. The molecule has 0 aromatic heterocycles. The van der Waals surface area contributed by atoms with E-state index in [1.165, 1.54) is 38.5 Å². The lowest BCUT2D eigenvalue weighted by molar-refractivity contribution is -0.0781. The van der Waals surface area contributed by atoms with Gasteiger partial charge in [0.05, 0.1) is 31.0 Å². The average Bonchev–Trinajstić information content (AvgIpc) is 3.48. The molecule has 35 heavy (non-hydrogen) atoms. The molecule has 5 atom stereocenters. The van der Waals surface area contributed by atoms with Crippen molar-refractivity contribution < 1.29 is 20.1 Å². The Morgan fingerprint density at radius 2 is 1.80 bits per heavy atom. The van der Waals surface area contributed by atoms with E-state index in [-0.39, 0.29) is 0 Å². The van der Waals surface area contributed by atoms with Gasteiger partial charge in [-0.25, -0.2) is 0 Å². The van der Waals surface area contributed by atoms with Gasteiger partial charge in [0.25, 0.3) is 0 Å². The van der Waals surface area contributed by atoms with Gasteiger partial charge in [-0.1, -0.05) is 57.9 Å². The molecule has 4 fully saturated rings. The Balaban J connectivity index is 1.44. The van der Waals surface area contributed by atoms with E-state index in [4.69, 9.17) is 4.74 Å². The molecule has 198 valence electrons. The van der Waals surface area contributed by atoms with Crippen LogP contribution in [0.1, 0.15) is 104 Å². The SMILES string of the molecule is C=C1C(=CC=C2CCC[C@]3(C)[C@@H](C4(COCC(O)(CCC)CCC)CC4)CC[C@@H]23)C[C@@H](O)C[C@@H]1O. The molecule has 0 radical (unpaired) electrons. The number of hydrogen-bond acceptors (Lipinski definition) is 4. The highest BCUT2D eigenvalue weighted by molar-refractivity contribution is 5.38. The predicted molar refractivity (Wildman–Crippen MR) is 142 cm³/mol. The van der Waals surface area contributed by atoms with Crippen molar-refractivity contribution in [3.8, 4) is 0 Å². The molecule has 4 heteroatoms. The fourth-order valence-electron chi connectivity index (χ4n) is 8.11. The maximum atomic E-state index is 11.0. The van der Waals surface area contributed by atoms with Crippen molar-refractivity contribution in [2.75, 3.05) is 13.2 Å². The first-order valence-electron chi connectivity index (χ1n) is 14.4. The van der Waals surface area contributed by atoms with E-state index in [2.05, 4.69) is 39.5 Å². The second-order valence-electron chi connectivity index (χ2n) is 12.7. The van der Waals surface area contributed by atoms with Crippen molar-refractivity contribution in [2.45, 2.75) is 122 Å². The standard InChI is InChI=1S/C31H50O4/c1-5-13-31(34,14-6-2)21-35-20-30(16-17-30)28-12-11-26-23(8-7-15-29(26,28)4)9-10-24-18-25(32)19-27(33)22(24)3/h9-10,25-28,32-34H,3,5-8,11-21H2,1-2,4H3/t25-,26+,27+,28+,29+/m1/s1.